The first-order valence-electron chi connectivity index (χ1n) is 7.21. The minimum absolute atomic E-state index is 0.115. The summed E-state index contributed by atoms with van der Waals surface area (Å²) in [5.41, 5.74) is -0.575. The van der Waals surface area contributed by atoms with E-state index in [2.05, 4.69) is 5.32 Å². The summed E-state index contributed by atoms with van der Waals surface area (Å²) in [6.45, 7) is 1.49. The highest BCUT2D eigenvalue weighted by molar-refractivity contribution is 5.80. The molecule has 0 aromatic rings. The van der Waals surface area contributed by atoms with E-state index in [9.17, 15) is 4.79 Å². The molecule has 0 bridgehead atoms. The Labute approximate surface area is 115 Å². The van der Waals surface area contributed by atoms with Gasteiger partial charge in [-0.05, 0) is 39.2 Å². The van der Waals surface area contributed by atoms with Crippen molar-refractivity contribution in [2.24, 2.45) is 0 Å². The molecule has 5 heteroatoms. The van der Waals surface area contributed by atoms with E-state index >= 15 is 0 Å². The number of hydrogen-bond acceptors (Lipinski definition) is 5. The smallest absolute Gasteiger partial charge is 0.326 e. The number of likely N-dealkylation sites (N-methyl/N-ethyl adjacent to an activating group) is 1. The van der Waals surface area contributed by atoms with E-state index in [1.807, 2.05) is 7.05 Å². The highest BCUT2D eigenvalue weighted by atomic mass is 16.5. The van der Waals surface area contributed by atoms with Crippen LogP contribution in [0.4, 0.5) is 0 Å². The number of methoxy groups -OCH3 is 1. The molecule has 3 atom stereocenters. The lowest BCUT2D eigenvalue weighted by Crippen LogP contribution is -2.55. The van der Waals surface area contributed by atoms with Crippen molar-refractivity contribution in [1.82, 2.24) is 5.32 Å². The average molecular weight is 271 g/mol. The Bertz CT molecular complexity index is 304. The van der Waals surface area contributed by atoms with Crippen molar-refractivity contribution in [3.05, 3.63) is 0 Å². The molecule has 1 aliphatic carbocycles. The van der Waals surface area contributed by atoms with E-state index in [1.165, 1.54) is 7.11 Å². The fraction of sp³-hybridized carbons (Fsp3) is 0.929. The van der Waals surface area contributed by atoms with E-state index in [0.29, 0.717) is 13.0 Å². The summed E-state index contributed by atoms with van der Waals surface area (Å²) in [4.78, 5) is 12.0. The summed E-state index contributed by atoms with van der Waals surface area (Å²) in [7, 11) is 3.26. The van der Waals surface area contributed by atoms with Gasteiger partial charge in [0.15, 0.2) is 0 Å². The molecule has 0 spiro atoms. The van der Waals surface area contributed by atoms with Gasteiger partial charge in [0, 0.05) is 13.0 Å². The fourth-order valence-electron chi connectivity index (χ4n) is 3.10. The molecule has 1 N–H and O–H groups in total. The van der Waals surface area contributed by atoms with Crippen molar-refractivity contribution in [2.45, 2.75) is 56.3 Å². The van der Waals surface area contributed by atoms with Gasteiger partial charge in [-0.15, -0.1) is 0 Å². The second-order valence-corrected chi connectivity index (χ2v) is 5.51. The van der Waals surface area contributed by atoms with Crippen LogP contribution < -0.4 is 5.32 Å². The molecular weight excluding hydrogens is 246 g/mol. The van der Waals surface area contributed by atoms with E-state index in [-0.39, 0.29) is 18.2 Å². The van der Waals surface area contributed by atoms with Crippen LogP contribution in [0.3, 0.4) is 0 Å². The van der Waals surface area contributed by atoms with Crippen LogP contribution in [0.2, 0.25) is 0 Å². The van der Waals surface area contributed by atoms with Gasteiger partial charge < -0.3 is 19.5 Å². The van der Waals surface area contributed by atoms with Crippen LogP contribution in [-0.2, 0) is 19.0 Å². The Morgan fingerprint density at radius 2 is 2.26 bits per heavy atom. The van der Waals surface area contributed by atoms with E-state index < -0.39 is 5.54 Å². The summed E-state index contributed by atoms with van der Waals surface area (Å²) < 4.78 is 16.4. The lowest BCUT2D eigenvalue weighted by atomic mass is 9.80. The van der Waals surface area contributed by atoms with Crippen molar-refractivity contribution in [2.75, 3.05) is 27.4 Å². The number of hydrogen-bond donors (Lipinski definition) is 1. The molecule has 5 nitrogen and oxygen atoms in total. The maximum atomic E-state index is 12.0. The van der Waals surface area contributed by atoms with Gasteiger partial charge in [0.1, 0.15) is 5.54 Å². The van der Waals surface area contributed by atoms with Crippen LogP contribution in [0.5, 0.6) is 0 Å². The van der Waals surface area contributed by atoms with Crippen LogP contribution in [0.15, 0.2) is 0 Å². The van der Waals surface area contributed by atoms with Gasteiger partial charge in [0.25, 0.3) is 0 Å². The van der Waals surface area contributed by atoms with Gasteiger partial charge in [-0.3, -0.25) is 4.79 Å². The van der Waals surface area contributed by atoms with Crippen molar-refractivity contribution in [3.63, 3.8) is 0 Å². The third-order valence-corrected chi connectivity index (χ3v) is 4.30. The summed E-state index contributed by atoms with van der Waals surface area (Å²) in [5, 5.41) is 3.14. The molecule has 0 amide bonds. The first kappa shape index (κ1) is 14.8. The average Bonchev–Trinajstić information content (AvgIpc) is 2.97. The zero-order valence-corrected chi connectivity index (χ0v) is 11.9. The van der Waals surface area contributed by atoms with Crippen LogP contribution in [0, 0.1) is 0 Å². The molecule has 2 fully saturated rings. The zero-order valence-electron chi connectivity index (χ0n) is 11.9. The number of rotatable bonds is 5. The third kappa shape index (κ3) is 3.46. The number of carbonyl (C=O) groups excluding carboxylic acids is 1. The summed E-state index contributed by atoms with van der Waals surface area (Å²) in [5.74, 6) is -0.180. The Morgan fingerprint density at radius 3 is 2.89 bits per heavy atom. The lowest BCUT2D eigenvalue weighted by molar-refractivity contribution is -0.153. The number of ether oxygens (including phenoxy) is 3. The van der Waals surface area contributed by atoms with Gasteiger partial charge in [-0.1, -0.05) is 0 Å². The van der Waals surface area contributed by atoms with Gasteiger partial charge in [0.05, 0.1) is 25.9 Å². The normalized spacial score (nSPS) is 35.3. The zero-order chi connectivity index (χ0) is 13.7. The maximum Gasteiger partial charge on any atom is 0.326 e. The van der Waals surface area contributed by atoms with Crippen molar-refractivity contribution < 1.29 is 19.0 Å². The minimum Gasteiger partial charge on any atom is -0.468 e. The highest BCUT2D eigenvalue weighted by Crippen LogP contribution is 2.31. The molecule has 1 heterocycles. The molecule has 2 aliphatic rings. The van der Waals surface area contributed by atoms with Crippen molar-refractivity contribution in [1.29, 1.82) is 0 Å². The second-order valence-electron chi connectivity index (χ2n) is 5.51. The Hall–Kier alpha value is -0.650. The minimum atomic E-state index is -0.575. The molecule has 3 unspecified atom stereocenters. The summed E-state index contributed by atoms with van der Waals surface area (Å²) >= 11 is 0. The lowest BCUT2D eigenvalue weighted by Gasteiger charge is -2.38. The van der Waals surface area contributed by atoms with Gasteiger partial charge in [-0.25, -0.2) is 0 Å². The van der Waals surface area contributed by atoms with Crippen LogP contribution in [-0.4, -0.2) is 51.1 Å². The predicted molar refractivity (Wildman–Crippen MR) is 71.0 cm³/mol. The number of esters is 1. The largest absolute Gasteiger partial charge is 0.468 e. The van der Waals surface area contributed by atoms with E-state index in [1.54, 1.807) is 0 Å². The molecule has 1 saturated heterocycles. The first-order chi connectivity index (χ1) is 9.20. The topological polar surface area (TPSA) is 56.8 Å². The standard InChI is InChI=1S/C14H25NO4/c1-15-14(13(16)17-2)7-3-5-11(9-14)19-10-12-6-4-8-18-12/h11-12,15H,3-10H2,1-2H3. The fourth-order valence-corrected chi connectivity index (χ4v) is 3.10. The molecule has 1 saturated carbocycles. The summed E-state index contributed by atoms with van der Waals surface area (Å²) in [6.07, 6.45) is 6.05. The number of carbonyl (C=O) groups is 1. The SMILES string of the molecule is CNC1(C(=O)OC)CCCC(OCC2CCCO2)C1. The van der Waals surface area contributed by atoms with E-state index in [4.69, 9.17) is 14.2 Å². The summed E-state index contributed by atoms with van der Waals surface area (Å²) in [6, 6.07) is 0. The van der Waals surface area contributed by atoms with Gasteiger partial charge >= 0.3 is 5.97 Å². The van der Waals surface area contributed by atoms with Crippen molar-refractivity contribution in [3.8, 4) is 0 Å². The first-order valence-corrected chi connectivity index (χ1v) is 7.21. The Balaban J connectivity index is 1.86. The van der Waals surface area contributed by atoms with Crippen molar-refractivity contribution >= 4 is 5.97 Å². The molecule has 1 aliphatic heterocycles. The van der Waals surface area contributed by atoms with E-state index in [0.717, 1.165) is 38.7 Å². The Kier molecular flexibility index (Phi) is 5.19. The molecule has 0 radical (unpaired) electrons. The number of nitrogens with one attached hydrogen (secondary N) is 1. The van der Waals surface area contributed by atoms with Gasteiger partial charge in [-0.2, -0.15) is 0 Å². The monoisotopic (exact) mass is 271 g/mol. The maximum absolute atomic E-state index is 12.0. The third-order valence-electron chi connectivity index (χ3n) is 4.30. The predicted octanol–water partition coefficient (Wildman–Crippen LogP) is 1.26. The van der Waals surface area contributed by atoms with Crippen LogP contribution >= 0.6 is 0 Å². The second kappa shape index (κ2) is 6.68. The molecule has 0 aromatic heterocycles. The molecule has 19 heavy (non-hydrogen) atoms. The molecule has 110 valence electrons. The Morgan fingerprint density at radius 1 is 1.42 bits per heavy atom. The molecular formula is C14H25NO4. The highest BCUT2D eigenvalue weighted by Gasteiger charge is 2.43. The molecule has 0 aromatic carbocycles. The van der Waals surface area contributed by atoms with Crippen LogP contribution in [0.1, 0.15) is 38.5 Å². The molecule has 2 rings (SSSR count). The quantitative estimate of drug-likeness (QED) is 0.763. The van der Waals surface area contributed by atoms with Gasteiger partial charge in [0.2, 0.25) is 0 Å². The van der Waals surface area contributed by atoms with Crippen LogP contribution in [0.25, 0.3) is 0 Å².